The van der Waals surface area contributed by atoms with E-state index in [0.717, 1.165) is 21.9 Å². The molecule has 0 spiro atoms. The maximum absolute atomic E-state index is 11.5. The molecule has 0 saturated carbocycles. The summed E-state index contributed by atoms with van der Waals surface area (Å²) in [6.07, 6.45) is 1.23. The maximum atomic E-state index is 11.5. The molecule has 0 aromatic heterocycles. The monoisotopic (exact) mass is 287 g/mol. The molecule has 0 unspecified atom stereocenters. The van der Waals surface area contributed by atoms with Gasteiger partial charge in [0.05, 0.1) is 0 Å². The van der Waals surface area contributed by atoms with Gasteiger partial charge in [0.1, 0.15) is 5.75 Å². The van der Waals surface area contributed by atoms with E-state index in [-0.39, 0.29) is 5.97 Å². The number of carbonyl (C=O) groups is 1. The van der Waals surface area contributed by atoms with Gasteiger partial charge in [-0.1, -0.05) is 24.8 Å². The summed E-state index contributed by atoms with van der Waals surface area (Å²) in [6.45, 7) is 1.95. The number of nitrogen functional groups attached to an aromatic ring is 1. The van der Waals surface area contributed by atoms with Gasteiger partial charge in [0.2, 0.25) is 0 Å². The highest BCUT2D eigenvalue weighted by atomic mass is 32.2. The van der Waals surface area contributed by atoms with Gasteiger partial charge in [0, 0.05) is 21.9 Å². The molecule has 2 aromatic rings. The van der Waals surface area contributed by atoms with Crippen molar-refractivity contribution in [1.82, 2.24) is 0 Å². The number of esters is 1. The Morgan fingerprint density at radius 3 is 2.60 bits per heavy atom. The van der Waals surface area contributed by atoms with Crippen molar-refractivity contribution in [2.75, 3.05) is 5.73 Å². The first-order valence-electron chi connectivity index (χ1n) is 6.51. The molecule has 0 amide bonds. The van der Waals surface area contributed by atoms with E-state index in [9.17, 15) is 4.79 Å². The van der Waals surface area contributed by atoms with Gasteiger partial charge in [-0.15, -0.1) is 0 Å². The normalized spacial score (nSPS) is 10.2. The quantitative estimate of drug-likeness (QED) is 0.510. The Morgan fingerprint density at radius 2 is 1.90 bits per heavy atom. The average molecular weight is 287 g/mol. The molecule has 0 fully saturated rings. The number of rotatable bonds is 5. The zero-order valence-corrected chi connectivity index (χ0v) is 12.2. The first-order chi connectivity index (χ1) is 9.67. The Balaban J connectivity index is 2.05. The second kappa shape index (κ2) is 7.01. The molecule has 0 bridgehead atoms. The van der Waals surface area contributed by atoms with Crippen LogP contribution in [0.5, 0.6) is 5.75 Å². The van der Waals surface area contributed by atoms with Crippen LogP contribution in [0.4, 0.5) is 5.69 Å². The van der Waals surface area contributed by atoms with E-state index >= 15 is 0 Å². The van der Waals surface area contributed by atoms with Gasteiger partial charge in [0.25, 0.3) is 0 Å². The molecule has 104 valence electrons. The number of hydrogen-bond acceptors (Lipinski definition) is 4. The predicted molar refractivity (Wildman–Crippen MR) is 82.0 cm³/mol. The third-order valence-electron chi connectivity index (χ3n) is 2.61. The van der Waals surface area contributed by atoms with Crippen LogP contribution in [0.2, 0.25) is 0 Å². The van der Waals surface area contributed by atoms with Crippen molar-refractivity contribution in [2.24, 2.45) is 0 Å². The highest BCUT2D eigenvalue weighted by Crippen LogP contribution is 2.30. The van der Waals surface area contributed by atoms with E-state index in [2.05, 4.69) is 0 Å². The van der Waals surface area contributed by atoms with Gasteiger partial charge in [-0.05, 0) is 48.9 Å². The van der Waals surface area contributed by atoms with Crippen LogP contribution < -0.4 is 10.5 Å². The highest BCUT2D eigenvalue weighted by molar-refractivity contribution is 7.99. The first kappa shape index (κ1) is 14.5. The van der Waals surface area contributed by atoms with E-state index in [1.165, 1.54) is 0 Å². The van der Waals surface area contributed by atoms with Crippen LogP contribution in [0.25, 0.3) is 0 Å². The standard InChI is InChI=1S/C16H17NO2S/c1-2-4-16(18)19-13-5-3-6-15(11-13)20-14-9-7-12(17)8-10-14/h3,5-11H,2,4,17H2,1H3. The van der Waals surface area contributed by atoms with Crippen molar-refractivity contribution in [1.29, 1.82) is 0 Å². The van der Waals surface area contributed by atoms with Gasteiger partial charge < -0.3 is 10.5 Å². The summed E-state index contributed by atoms with van der Waals surface area (Å²) in [5.74, 6) is 0.394. The molecule has 2 rings (SSSR count). The van der Waals surface area contributed by atoms with Crippen LogP contribution in [0.1, 0.15) is 19.8 Å². The lowest BCUT2D eigenvalue weighted by molar-refractivity contribution is -0.134. The molecule has 0 saturated heterocycles. The summed E-state index contributed by atoms with van der Waals surface area (Å²) in [4.78, 5) is 13.6. The molecule has 0 heterocycles. The van der Waals surface area contributed by atoms with Gasteiger partial charge >= 0.3 is 5.97 Å². The van der Waals surface area contributed by atoms with Crippen molar-refractivity contribution in [3.8, 4) is 5.75 Å². The lowest BCUT2D eigenvalue weighted by atomic mass is 10.3. The van der Waals surface area contributed by atoms with Crippen molar-refractivity contribution >= 4 is 23.4 Å². The Kier molecular flexibility index (Phi) is 5.07. The summed E-state index contributed by atoms with van der Waals surface area (Å²) < 4.78 is 5.28. The summed E-state index contributed by atoms with van der Waals surface area (Å²) in [7, 11) is 0. The lowest BCUT2D eigenvalue weighted by Gasteiger charge is -2.06. The zero-order valence-electron chi connectivity index (χ0n) is 11.3. The number of hydrogen-bond donors (Lipinski definition) is 1. The lowest BCUT2D eigenvalue weighted by Crippen LogP contribution is -2.06. The molecule has 2 N–H and O–H groups in total. The summed E-state index contributed by atoms with van der Waals surface area (Å²) >= 11 is 1.60. The van der Waals surface area contributed by atoms with E-state index < -0.39 is 0 Å². The number of benzene rings is 2. The third-order valence-corrected chi connectivity index (χ3v) is 3.60. The maximum Gasteiger partial charge on any atom is 0.311 e. The Bertz CT molecular complexity index is 581. The van der Waals surface area contributed by atoms with E-state index in [1.54, 1.807) is 17.8 Å². The number of ether oxygens (including phenoxy) is 1. The van der Waals surface area contributed by atoms with E-state index in [0.29, 0.717) is 12.2 Å². The number of nitrogens with two attached hydrogens (primary N) is 1. The second-order valence-electron chi connectivity index (χ2n) is 4.37. The van der Waals surface area contributed by atoms with Crippen LogP contribution in [-0.2, 0) is 4.79 Å². The molecule has 0 radical (unpaired) electrons. The number of anilines is 1. The first-order valence-corrected chi connectivity index (χ1v) is 7.33. The van der Waals surface area contributed by atoms with Crippen LogP contribution >= 0.6 is 11.8 Å². The van der Waals surface area contributed by atoms with Crippen molar-refractivity contribution < 1.29 is 9.53 Å². The van der Waals surface area contributed by atoms with Gasteiger partial charge in [-0.2, -0.15) is 0 Å². The summed E-state index contributed by atoms with van der Waals surface area (Å²) in [5, 5.41) is 0. The zero-order chi connectivity index (χ0) is 14.4. The van der Waals surface area contributed by atoms with Crippen molar-refractivity contribution in [3.05, 3.63) is 48.5 Å². The Hall–Kier alpha value is -1.94. The molecule has 0 aliphatic carbocycles. The molecule has 2 aromatic carbocycles. The molecule has 0 aliphatic rings. The van der Waals surface area contributed by atoms with E-state index in [4.69, 9.17) is 10.5 Å². The van der Waals surface area contributed by atoms with Crippen LogP contribution in [-0.4, -0.2) is 5.97 Å². The molecule has 4 heteroatoms. The minimum Gasteiger partial charge on any atom is -0.426 e. The van der Waals surface area contributed by atoms with Gasteiger partial charge in [0.15, 0.2) is 0 Å². The largest absolute Gasteiger partial charge is 0.426 e. The number of carbonyl (C=O) groups excluding carboxylic acids is 1. The van der Waals surface area contributed by atoms with Gasteiger partial charge in [-0.25, -0.2) is 0 Å². The van der Waals surface area contributed by atoms with Crippen LogP contribution in [0.3, 0.4) is 0 Å². The topological polar surface area (TPSA) is 52.3 Å². The summed E-state index contributed by atoms with van der Waals surface area (Å²) in [5.41, 5.74) is 6.41. The van der Waals surface area contributed by atoms with Crippen LogP contribution in [0, 0.1) is 0 Å². The molecular weight excluding hydrogens is 270 g/mol. The minimum absolute atomic E-state index is 0.192. The Morgan fingerprint density at radius 1 is 1.15 bits per heavy atom. The van der Waals surface area contributed by atoms with Crippen molar-refractivity contribution in [2.45, 2.75) is 29.6 Å². The fourth-order valence-corrected chi connectivity index (χ4v) is 2.53. The fourth-order valence-electron chi connectivity index (χ4n) is 1.66. The molecular formula is C16H17NO2S. The summed E-state index contributed by atoms with van der Waals surface area (Å²) in [6, 6.07) is 15.2. The SMILES string of the molecule is CCCC(=O)Oc1cccc(Sc2ccc(N)cc2)c1. The molecule has 3 nitrogen and oxygen atoms in total. The second-order valence-corrected chi connectivity index (χ2v) is 5.52. The fraction of sp³-hybridized carbons (Fsp3) is 0.188. The van der Waals surface area contributed by atoms with Crippen LogP contribution in [0.15, 0.2) is 58.3 Å². The average Bonchev–Trinajstić information content (AvgIpc) is 2.42. The third kappa shape index (κ3) is 4.31. The predicted octanol–water partition coefficient (Wildman–Crippen LogP) is 4.13. The molecule has 0 aliphatic heterocycles. The molecule has 0 atom stereocenters. The smallest absolute Gasteiger partial charge is 0.311 e. The van der Waals surface area contributed by atoms with Gasteiger partial charge in [-0.3, -0.25) is 4.79 Å². The minimum atomic E-state index is -0.192. The Labute approximate surface area is 123 Å². The van der Waals surface area contributed by atoms with Crippen molar-refractivity contribution in [3.63, 3.8) is 0 Å². The highest BCUT2D eigenvalue weighted by Gasteiger charge is 2.05. The molecule has 20 heavy (non-hydrogen) atoms. The van der Waals surface area contributed by atoms with E-state index in [1.807, 2.05) is 49.4 Å².